The lowest BCUT2D eigenvalue weighted by atomic mass is 9.66. The maximum atomic E-state index is 12.9. The standard InChI is InChI=1S/C40H56O4/c1-29(17-13-19-31(3)21-23-35(43)39(9)27-33(41)25-37(39,5)6)15-11-12-16-30(2)18-14-20-32(4)22-24-36(44)40(10)28-34(42)26-38(40,7)8/h11-24,33-34,41-42H,25-28H2,1-10H3/b12-11+,17-13+,18-14+,23-21+,24-22+,29-15+,30-16+,31-19+,32-20+/t33-,34-,39-,40-/m1/s1. The molecule has 4 atom stereocenters. The van der Waals surface area contributed by atoms with Gasteiger partial charge in [0.2, 0.25) is 0 Å². The second kappa shape index (κ2) is 15.3. The maximum absolute atomic E-state index is 12.9. The third-order valence-electron chi connectivity index (χ3n) is 10.1. The van der Waals surface area contributed by atoms with Crippen LogP contribution in [0.1, 0.15) is 94.9 Å². The zero-order chi connectivity index (χ0) is 33.3. The summed E-state index contributed by atoms with van der Waals surface area (Å²) in [6.07, 6.45) is 28.6. The van der Waals surface area contributed by atoms with Crippen molar-refractivity contribution in [1.82, 2.24) is 0 Å². The lowest BCUT2D eigenvalue weighted by molar-refractivity contribution is -0.128. The molecule has 4 heteroatoms. The molecule has 4 nitrogen and oxygen atoms in total. The fourth-order valence-corrected chi connectivity index (χ4v) is 6.26. The summed E-state index contributed by atoms with van der Waals surface area (Å²) in [5, 5.41) is 20.2. The molecule has 2 saturated carbocycles. The molecule has 0 radical (unpaired) electrons. The zero-order valence-corrected chi connectivity index (χ0v) is 28.8. The summed E-state index contributed by atoms with van der Waals surface area (Å²) >= 11 is 0. The van der Waals surface area contributed by atoms with Crippen molar-refractivity contribution in [2.75, 3.05) is 0 Å². The number of ketones is 2. The molecule has 0 aromatic carbocycles. The summed E-state index contributed by atoms with van der Waals surface area (Å²) in [5.74, 6) is 0.148. The first-order chi connectivity index (χ1) is 20.3. The van der Waals surface area contributed by atoms with Crippen LogP contribution >= 0.6 is 0 Å². The van der Waals surface area contributed by atoms with Crippen molar-refractivity contribution in [2.24, 2.45) is 21.7 Å². The van der Waals surface area contributed by atoms with Gasteiger partial charge in [0.1, 0.15) is 0 Å². The van der Waals surface area contributed by atoms with E-state index in [4.69, 9.17) is 0 Å². The third kappa shape index (κ3) is 9.71. The van der Waals surface area contributed by atoms with Crippen LogP contribution in [0, 0.1) is 21.7 Å². The van der Waals surface area contributed by atoms with Gasteiger partial charge < -0.3 is 10.2 Å². The molecular formula is C40H56O4. The lowest BCUT2D eigenvalue weighted by Gasteiger charge is -2.35. The van der Waals surface area contributed by atoms with E-state index in [9.17, 15) is 19.8 Å². The molecule has 0 spiro atoms. The Hall–Kier alpha value is -3.08. The third-order valence-corrected chi connectivity index (χ3v) is 10.1. The number of carbonyl (C=O) groups is 2. The average Bonchev–Trinajstić information content (AvgIpc) is 3.27. The van der Waals surface area contributed by atoms with Crippen LogP contribution in [-0.4, -0.2) is 34.0 Å². The predicted octanol–water partition coefficient (Wildman–Crippen LogP) is 9.07. The van der Waals surface area contributed by atoms with Crippen molar-refractivity contribution in [3.8, 4) is 0 Å². The first-order valence-corrected chi connectivity index (χ1v) is 15.9. The van der Waals surface area contributed by atoms with Gasteiger partial charge >= 0.3 is 0 Å². The SMILES string of the molecule is CC(/C=C/C=C(C)/C=C/C(=O)[C@@]1(C)C[C@H](O)CC1(C)C)=C\C=C\C=C(C)\C=C\C=C(C)\C=C\C(=O)[C@@]1(C)C[C@H](O)CC1(C)C. The molecule has 2 fully saturated rings. The van der Waals surface area contributed by atoms with Crippen LogP contribution in [0.25, 0.3) is 0 Å². The Morgan fingerprint density at radius 2 is 0.773 bits per heavy atom. The normalized spacial score (nSPS) is 30.3. The summed E-state index contributed by atoms with van der Waals surface area (Å²) in [4.78, 5) is 25.9. The van der Waals surface area contributed by atoms with E-state index in [1.165, 1.54) is 0 Å². The van der Waals surface area contributed by atoms with Crippen molar-refractivity contribution >= 4 is 11.6 Å². The quantitative estimate of drug-likeness (QED) is 0.173. The summed E-state index contributed by atoms with van der Waals surface area (Å²) in [6.45, 7) is 20.2. The molecule has 0 aromatic heterocycles. The van der Waals surface area contributed by atoms with E-state index >= 15 is 0 Å². The van der Waals surface area contributed by atoms with Crippen molar-refractivity contribution in [3.05, 3.63) is 107 Å². The van der Waals surface area contributed by atoms with Crippen molar-refractivity contribution in [2.45, 2.75) is 107 Å². The van der Waals surface area contributed by atoms with Crippen LogP contribution in [0.15, 0.2) is 107 Å². The Labute approximate surface area is 267 Å². The van der Waals surface area contributed by atoms with Gasteiger partial charge in [-0.15, -0.1) is 0 Å². The number of allylic oxidation sites excluding steroid dienone is 18. The number of carbonyl (C=O) groups excluding carboxylic acids is 2. The van der Waals surface area contributed by atoms with Crippen LogP contribution < -0.4 is 0 Å². The van der Waals surface area contributed by atoms with Gasteiger partial charge in [0.05, 0.1) is 12.2 Å². The van der Waals surface area contributed by atoms with Gasteiger partial charge in [0.15, 0.2) is 11.6 Å². The fourth-order valence-electron chi connectivity index (χ4n) is 6.26. The Morgan fingerprint density at radius 3 is 1.07 bits per heavy atom. The smallest absolute Gasteiger partial charge is 0.162 e. The Bertz CT molecular complexity index is 1230. The molecule has 0 aromatic rings. The fraction of sp³-hybridized carbons (Fsp3) is 0.500. The minimum atomic E-state index is -0.542. The molecule has 2 rings (SSSR count). The number of rotatable bonds is 12. The second-order valence-corrected chi connectivity index (χ2v) is 14.7. The number of aliphatic hydroxyl groups excluding tert-OH is 2. The number of aliphatic hydroxyl groups is 2. The molecule has 240 valence electrons. The highest BCUT2D eigenvalue weighted by molar-refractivity contribution is 5.96. The van der Waals surface area contributed by atoms with Gasteiger partial charge in [-0.25, -0.2) is 0 Å². The number of hydrogen-bond acceptors (Lipinski definition) is 4. The van der Waals surface area contributed by atoms with E-state index in [-0.39, 0.29) is 22.4 Å². The molecule has 2 aliphatic rings. The highest BCUT2D eigenvalue weighted by Gasteiger charge is 2.53. The van der Waals surface area contributed by atoms with E-state index in [1.807, 2.05) is 114 Å². The van der Waals surface area contributed by atoms with Crippen LogP contribution in [-0.2, 0) is 9.59 Å². The van der Waals surface area contributed by atoms with E-state index in [2.05, 4.69) is 27.7 Å². The largest absolute Gasteiger partial charge is 0.393 e. The van der Waals surface area contributed by atoms with Gasteiger partial charge in [-0.2, -0.15) is 0 Å². The minimum absolute atomic E-state index is 0.0742. The highest BCUT2D eigenvalue weighted by Crippen LogP contribution is 2.54. The van der Waals surface area contributed by atoms with E-state index in [1.54, 1.807) is 12.2 Å². The first kappa shape index (κ1) is 37.1. The molecule has 2 N–H and O–H groups in total. The van der Waals surface area contributed by atoms with Crippen LogP contribution in [0.2, 0.25) is 0 Å². The zero-order valence-electron chi connectivity index (χ0n) is 28.8. The highest BCUT2D eigenvalue weighted by atomic mass is 16.3. The summed E-state index contributed by atoms with van der Waals surface area (Å²) in [7, 11) is 0. The van der Waals surface area contributed by atoms with Crippen molar-refractivity contribution in [3.63, 3.8) is 0 Å². The van der Waals surface area contributed by atoms with Gasteiger partial charge in [-0.05, 0) is 76.4 Å². The molecule has 0 amide bonds. The molecule has 0 aliphatic heterocycles. The molecule has 0 heterocycles. The summed E-state index contributed by atoms with van der Waals surface area (Å²) in [6, 6.07) is 0. The maximum Gasteiger partial charge on any atom is 0.162 e. The molecule has 44 heavy (non-hydrogen) atoms. The molecule has 0 bridgehead atoms. The molecule has 2 aliphatic carbocycles. The van der Waals surface area contributed by atoms with Crippen LogP contribution in [0.3, 0.4) is 0 Å². The monoisotopic (exact) mass is 600 g/mol. The average molecular weight is 601 g/mol. The molecule has 0 unspecified atom stereocenters. The van der Waals surface area contributed by atoms with E-state index in [0.717, 1.165) is 22.3 Å². The Kier molecular flexibility index (Phi) is 12.9. The molecule has 0 saturated heterocycles. The van der Waals surface area contributed by atoms with E-state index < -0.39 is 23.0 Å². The topological polar surface area (TPSA) is 74.6 Å². The van der Waals surface area contributed by atoms with Crippen LogP contribution in [0.5, 0.6) is 0 Å². The lowest BCUT2D eigenvalue weighted by Crippen LogP contribution is -2.36. The van der Waals surface area contributed by atoms with Crippen molar-refractivity contribution in [1.29, 1.82) is 0 Å². The summed E-state index contributed by atoms with van der Waals surface area (Å²) in [5.41, 5.74) is 2.65. The van der Waals surface area contributed by atoms with Gasteiger partial charge in [-0.1, -0.05) is 137 Å². The van der Waals surface area contributed by atoms with E-state index in [0.29, 0.717) is 25.7 Å². The van der Waals surface area contributed by atoms with Crippen LogP contribution in [0.4, 0.5) is 0 Å². The second-order valence-electron chi connectivity index (χ2n) is 14.7. The van der Waals surface area contributed by atoms with Gasteiger partial charge in [0, 0.05) is 10.8 Å². The summed E-state index contributed by atoms with van der Waals surface area (Å²) < 4.78 is 0. The minimum Gasteiger partial charge on any atom is -0.393 e. The Morgan fingerprint density at radius 1 is 0.477 bits per heavy atom. The van der Waals surface area contributed by atoms with Crippen molar-refractivity contribution < 1.29 is 19.8 Å². The predicted molar refractivity (Wildman–Crippen MR) is 185 cm³/mol. The number of hydrogen-bond donors (Lipinski definition) is 2. The molecular weight excluding hydrogens is 544 g/mol. The van der Waals surface area contributed by atoms with Gasteiger partial charge in [-0.3, -0.25) is 9.59 Å². The Balaban J connectivity index is 1.87. The first-order valence-electron chi connectivity index (χ1n) is 15.9. The van der Waals surface area contributed by atoms with Gasteiger partial charge in [0.25, 0.3) is 0 Å².